The van der Waals surface area contributed by atoms with Crippen LogP contribution in [0.25, 0.3) is 0 Å². The van der Waals surface area contributed by atoms with Crippen LogP contribution in [-0.4, -0.2) is 17.9 Å². The Labute approximate surface area is 201 Å². The minimum Gasteiger partial charge on any atom is -0.305 e. The van der Waals surface area contributed by atoms with Gasteiger partial charge in [0.25, 0.3) is 5.91 Å². The molecular formula is C29H31FN2O2. The number of anilines is 2. The van der Waals surface area contributed by atoms with Gasteiger partial charge in [0.15, 0.2) is 0 Å². The molecule has 0 N–H and O–H groups in total. The van der Waals surface area contributed by atoms with E-state index in [4.69, 9.17) is 0 Å². The van der Waals surface area contributed by atoms with Gasteiger partial charge in [-0.2, -0.15) is 0 Å². The van der Waals surface area contributed by atoms with E-state index in [0.717, 1.165) is 36.2 Å². The predicted octanol–water partition coefficient (Wildman–Crippen LogP) is 6.92. The fraction of sp³-hybridized carbons (Fsp3) is 0.310. The lowest BCUT2D eigenvalue weighted by Crippen LogP contribution is -2.48. The fourth-order valence-electron chi connectivity index (χ4n) is 4.83. The minimum atomic E-state index is -0.531. The molecule has 0 aromatic heterocycles. The molecule has 2 atom stereocenters. The molecule has 0 fully saturated rings. The Morgan fingerprint density at radius 2 is 1.62 bits per heavy atom. The third-order valence-electron chi connectivity index (χ3n) is 6.49. The van der Waals surface area contributed by atoms with Crippen molar-refractivity contribution < 1.29 is 14.0 Å². The molecular weight excluding hydrogens is 427 g/mol. The zero-order valence-corrected chi connectivity index (χ0v) is 19.8. The quantitative estimate of drug-likeness (QED) is 0.361. The van der Waals surface area contributed by atoms with Crippen molar-refractivity contribution in [2.24, 2.45) is 0 Å². The number of fused-ring (bicyclic) bond motifs is 1. The molecule has 0 radical (unpaired) electrons. The van der Waals surface area contributed by atoms with Gasteiger partial charge in [-0.15, -0.1) is 0 Å². The fourth-order valence-corrected chi connectivity index (χ4v) is 4.83. The van der Waals surface area contributed by atoms with Crippen LogP contribution in [0, 0.1) is 5.82 Å². The van der Waals surface area contributed by atoms with Gasteiger partial charge in [0.05, 0.1) is 11.6 Å². The van der Waals surface area contributed by atoms with E-state index >= 15 is 0 Å². The number of hydrogen-bond acceptors (Lipinski definition) is 2. The van der Waals surface area contributed by atoms with Gasteiger partial charge in [-0.05, 0) is 55.7 Å². The highest BCUT2D eigenvalue weighted by atomic mass is 19.1. The molecule has 5 heteroatoms. The van der Waals surface area contributed by atoms with Gasteiger partial charge in [0, 0.05) is 23.8 Å². The number of rotatable bonds is 7. The molecule has 1 aliphatic heterocycles. The number of carbonyl (C=O) groups excluding carboxylic acids is 2. The van der Waals surface area contributed by atoms with Crippen molar-refractivity contribution in [2.45, 2.75) is 58.0 Å². The highest BCUT2D eigenvalue weighted by molar-refractivity contribution is 6.07. The summed E-state index contributed by atoms with van der Waals surface area (Å²) in [5, 5.41) is 0. The first-order valence-corrected chi connectivity index (χ1v) is 12.1. The van der Waals surface area contributed by atoms with Crippen molar-refractivity contribution in [3.63, 3.8) is 0 Å². The predicted molar refractivity (Wildman–Crippen MR) is 135 cm³/mol. The number of hydrogen-bond donors (Lipinski definition) is 0. The number of benzene rings is 3. The average molecular weight is 459 g/mol. The summed E-state index contributed by atoms with van der Waals surface area (Å²) in [7, 11) is 0. The van der Waals surface area contributed by atoms with E-state index in [2.05, 4.69) is 6.92 Å². The molecule has 2 unspecified atom stereocenters. The maximum absolute atomic E-state index is 14.5. The highest BCUT2D eigenvalue weighted by Gasteiger charge is 2.39. The number of carbonyl (C=O) groups is 2. The number of para-hydroxylation sites is 2. The van der Waals surface area contributed by atoms with Crippen LogP contribution in [0.15, 0.2) is 78.9 Å². The van der Waals surface area contributed by atoms with Gasteiger partial charge >= 0.3 is 0 Å². The number of nitrogens with zero attached hydrogens (tertiary/aromatic N) is 2. The van der Waals surface area contributed by atoms with Crippen molar-refractivity contribution in [1.82, 2.24) is 0 Å². The lowest BCUT2D eigenvalue weighted by molar-refractivity contribution is -0.119. The Balaban J connectivity index is 1.75. The second-order valence-corrected chi connectivity index (χ2v) is 8.87. The average Bonchev–Trinajstić information content (AvgIpc) is 2.85. The standard InChI is InChI=1S/C29H31FN2O2/c1-3-4-6-19-28(33)32(22-13-7-5-8-14-22)27-20-21(2)31(26-18-12-10-16-24(26)27)29(34)23-15-9-11-17-25(23)30/h5,7-18,21,27H,3-4,6,19-20H2,1-2H3. The summed E-state index contributed by atoms with van der Waals surface area (Å²) in [6.07, 6.45) is 3.95. The molecule has 4 nitrogen and oxygen atoms in total. The van der Waals surface area contributed by atoms with Gasteiger partial charge in [-0.25, -0.2) is 4.39 Å². The highest BCUT2D eigenvalue weighted by Crippen LogP contribution is 2.43. The first kappa shape index (κ1) is 23.7. The van der Waals surface area contributed by atoms with Crippen molar-refractivity contribution in [1.29, 1.82) is 0 Å². The number of amides is 2. The van der Waals surface area contributed by atoms with Gasteiger partial charge in [-0.1, -0.05) is 68.3 Å². The molecule has 3 aromatic carbocycles. The van der Waals surface area contributed by atoms with Gasteiger partial charge in [0.2, 0.25) is 5.91 Å². The summed E-state index contributed by atoms with van der Waals surface area (Å²) in [4.78, 5) is 30.5. The molecule has 4 rings (SSSR count). The Morgan fingerprint density at radius 3 is 2.35 bits per heavy atom. The maximum Gasteiger partial charge on any atom is 0.261 e. The van der Waals surface area contributed by atoms with Crippen LogP contribution in [0.3, 0.4) is 0 Å². The van der Waals surface area contributed by atoms with Gasteiger partial charge < -0.3 is 9.80 Å². The van der Waals surface area contributed by atoms with Crippen LogP contribution < -0.4 is 9.80 Å². The topological polar surface area (TPSA) is 40.6 Å². The van der Waals surface area contributed by atoms with Crippen molar-refractivity contribution >= 4 is 23.2 Å². The molecule has 0 spiro atoms. The van der Waals surface area contributed by atoms with E-state index in [1.165, 1.54) is 12.1 Å². The van der Waals surface area contributed by atoms with Crippen LogP contribution in [0.5, 0.6) is 0 Å². The van der Waals surface area contributed by atoms with Gasteiger partial charge in [-0.3, -0.25) is 9.59 Å². The molecule has 1 aliphatic rings. The van der Waals surface area contributed by atoms with E-state index in [0.29, 0.717) is 12.8 Å². The Morgan fingerprint density at radius 1 is 0.941 bits per heavy atom. The molecule has 3 aromatic rings. The molecule has 0 bridgehead atoms. The van der Waals surface area contributed by atoms with Crippen LogP contribution in [0.2, 0.25) is 0 Å². The van der Waals surface area contributed by atoms with E-state index in [1.807, 2.05) is 66.4 Å². The Kier molecular flexibility index (Phi) is 7.41. The van der Waals surface area contributed by atoms with E-state index in [9.17, 15) is 14.0 Å². The summed E-state index contributed by atoms with van der Waals surface area (Å²) >= 11 is 0. The first-order valence-electron chi connectivity index (χ1n) is 12.1. The molecule has 1 heterocycles. The van der Waals surface area contributed by atoms with Crippen LogP contribution in [-0.2, 0) is 4.79 Å². The second-order valence-electron chi connectivity index (χ2n) is 8.87. The summed E-state index contributed by atoms with van der Waals surface area (Å²) in [6, 6.07) is 23.1. The third kappa shape index (κ3) is 4.74. The molecule has 0 saturated carbocycles. The number of unbranched alkanes of at least 4 members (excludes halogenated alkanes) is 2. The molecule has 0 saturated heterocycles. The maximum atomic E-state index is 14.5. The number of halogens is 1. The van der Waals surface area contributed by atoms with Crippen molar-refractivity contribution in [3.8, 4) is 0 Å². The SMILES string of the molecule is CCCCCC(=O)N(c1ccccc1)C1CC(C)N(C(=O)c2ccccc2F)c2ccccc21. The lowest BCUT2D eigenvalue weighted by Gasteiger charge is -2.43. The lowest BCUT2D eigenvalue weighted by atomic mass is 9.89. The Hall–Kier alpha value is -3.47. The van der Waals surface area contributed by atoms with Gasteiger partial charge in [0.1, 0.15) is 5.82 Å². The smallest absolute Gasteiger partial charge is 0.261 e. The van der Waals surface area contributed by atoms with E-state index in [-0.39, 0.29) is 29.5 Å². The summed E-state index contributed by atoms with van der Waals surface area (Å²) in [5.41, 5.74) is 2.53. The first-order chi connectivity index (χ1) is 16.5. The van der Waals surface area contributed by atoms with Crippen LogP contribution >= 0.6 is 0 Å². The van der Waals surface area contributed by atoms with Crippen molar-refractivity contribution in [3.05, 3.63) is 95.8 Å². The summed E-state index contributed by atoms with van der Waals surface area (Å²) < 4.78 is 14.5. The Bertz CT molecular complexity index is 1150. The monoisotopic (exact) mass is 458 g/mol. The largest absolute Gasteiger partial charge is 0.305 e. The zero-order valence-electron chi connectivity index (χ0n) is 19.8. The molecule has 0 aliphatic carbocycles. The zero-order chi connectivity index (χ0) is 24.1. The summed E-state index contributed by atoms with van der Waals surface area (Å²) in [6.45, 7) is 4.09. The third-order valence-corrected chi connectivity index (χ3v) is 6.49. The van der Waals surface area contributed by atoms with Crippen LogP contribution in [0.4, 0.5) is 15.8 Å². The molecule has 34 heavy (non-hydrogen) atoms. The molecule has 176 valence electrons. The van der Waals surface area contributed by atoms with Crippen LogP contribution in [0.1, 0.15) is 67.9 Å². The normalized spacial score (nSPS) is 17.2. The second kappa shape index (κ2) is 10.6. The molecule has 2 amide bonds. The van der Waals surface area contributed by atoms with Crippen molar-refractivity contribution in [2.75, 3.05) is 9.80 Å². The van der Waals surface area contributed by atoms with E-state index in [1.54, 1.807) is 17.0 Å². The van der Waals surface area contributed by atoms with E-state index < -0.39 is 5.82 Å². The minimum absolute atomic E-state index is 0.0539. The summed E-state index contributed by atoms with van der Waals surface area (Å²) in [5.74, 6) is -0.811.